The molecule has 1 atom stereocenters. The van der Waals surface area contributed by atoms with Crippen LogP contribution in [0.1, 0.15) is 36.5 Å². The molecule has 7 nitrogen and oxygen atoms in total. The Bertz CT molecular complexity index is 1670. The Labute approximate surface area is 273 Å². The number of unbranched alkanes of at least 4 members (excludes halogenated alkanes) is 1. The van der Waals surface area contributed by atoms with Gasteiger partial charge in [0.2, 0.25) is 11.8 Å². The summed E-state index contributed by atoms with van der Waals surface area (Å²) in [4.78, 5) is 29.6. The summed E-state index contributed by atoms with van der Waals surface area (Å²) >= 11 is 3.39. The summed E-state index contributed by atoms with van der Waals surface area (Å²) in [5.74, 6) is -1.36. The molecule has 1 N–H and O–H groups in total. The molecule has 0 fully saturated rings. The molecule has 236 valence electrons. The molecule has 10 heteroatoms. The van der Waals surface area contributed by atoms with Gasteiger partial charge in [-0.15, -0.1) is 0 Å². The first kappa shape index (κ1) is 33.9. The van der Waals surface area contributed by atoms with Crippen molar-refractivity contribution in [1.82, 2.24) is 10.2 Å². The number of carbonyl (C=O) groups is 2. The first-order valence-corrected chi connectivity index (χ1v) is 17.0. The SMILES string of the molecule is CCCCNC(=O)[C@H](Cc1ccccc1)N(Cc1ccc(F)cc1)C(=O)CN(c1ccc(Br)cc1)S(=O)(=O)c1ccc(C)cc1. The van der Waals surface area contributed by atoms with Gasteiger partial charge in [0.15, 0.2) is 0 Å². The van der Waals surface area contributed by atoms with Crippen LogP contribution in [-0.4, -0.2) is 44.3 Å². The average molecular weight is 695 g/mol. The zero-order valence-corrected chi connectivity index (χ0v) is 27.7. The van der Waals surface area contributed by atoms with Crippen LogP contribution in [0.25, 0.3) is 0 Å². The molecule has 0 saturated heterocycles. The van der Waals surface area contributed by atoms with Crippen molar-refractivity contribution in [2.75, 3.05) is 17.4 Å². The van der Waals surface area contributed by atoms with Crippen LogP contribution in [0.15, 0.2) is 112 Å². The number of rotatable bonds is 14. The van der Waals surface area contributed by atoms with Crippen molar-refractivity contribution in [3.8, 4) is 0 Å². The van der Waals surface area contributed by atoms with Crippen molar-refractivity contribution in [2.24, 2.45) is 0 Å². The van der Waals surface area contributed by atoms with Gasteiger partial charge in [-0.1, -0.05) is 89.4 Å². The van der Waals surface area contributed by atoms with E-state index >= 15 is 0 Å². The van der Waals surface area contributed by atoms with Crippen molar-refractivity contribution < 1.29 is 22.4 Å². The number of hydrogen-bond acceptors (Lipinski definition) is 4. The van der Waals surface area contributed by atoms with Crippen molar-refractivity contribution in [1.29, 1.82) is 0 Å². The quantitative estimate of drug-likeness (QED) is 0.150. The largest absolute Gasteiger partial charge is 0.354 e. The van der Waals surface area contributed by atoms with Gasteiger partial charge in [0.05, 0.1) is 10.6 Å². The normalized spacial score (nSPS) is 11.9. The van der Waals surface area contributed by atoms with Crippen LogP contribution in [0.3, 0.4) is 0 Å². The summed E-state index contributed by atoms with van der Waals surface area (Å²) in [6.07, 6.45) is 1.84. The van der Waals surface area contributed by atoms with Gasteiger partial charge < -0.3 is 10.2 Å². The van der Waals surface area contributed by atoms with Crippen LogP contribution in [0.5, 0.6) is 0 Å². The van der Waals surface area contributed by atoms with E-state index in [0.29, 0.717) is 17.8 Å². The number of halogens is 2. The van der Waals surface area contributed by atoms with Gasteiger partial charge in [-0.25, -0.2) is 12.8 Å². The van der Waals surface area contributed by atoms with E-state index in [9.17, 15) is 22.4 Å². The summed E-state index contributed by atoms with van der Waals surface area (Å²) in [6, 6.07) is 27.1. The molecule has 0 aromatic heterocycles. The van der Waals surface area contributed by atoms with E-state index in [1.54, 1.807) is 48.5 Å². The Morgan fingerprint density at radius 1 is 0.867 bits per heavy atom. The monoisotopic (exact) mass is 693 g/mol. The van der Waals surface area contributed by atoms with Crippen LogP contribution in [0, 0.1) is 12.7 Å². The Morgan fingerprint density at radius 3 is 2.13 bits per heavy atom. The van der Waals surface area contributed by atoms with Gasteiger partial charge in [0.25, 0.3) is 10.0 Å². The van der Waals surface area contributed by atoms with Crippen molar-refractivity contribution in [2.45, 2.75) is 50.6 Å². The van der Waals surface area contributed by atoms with E-state index in [2.05, 4.69) is 21.2 Å². The zero-order chi connectivity index (χ0) is 32.4. The summed E-state index contributed by atoms with van der Waals surface area (Å²) in [5.41, 5.74) is 2.62. The number of hydrogen-bond donors (Lipinski definition) is 1. The third-order valence-corrected chi connectivity index (χ3v) is 9.69. The standard InChI is InChI=1S/C35H37BrFN3O4S/c1-3-4-22-38-35(42)33(23-27-8-6-5-7-9-27)39(24-28-12-16-30(37)17-13-28)34(41)25-40(31-18-14-29(36)15-19-31)45(43,44)32-20-10-26(2)11-21-32/h5-21,33H,3-4,22-25H2,1-2H3,(H,38,42)/t33-/m0/s1. The van der Waals surface area contributed by atoms with Gasteiger partial charge in [-0.05, 0) is 73.0 Å². The summed E-state index contributed by atoms with van der Waals surface area (Å²) in [6.45, 7) is 3.72. The maximum absolute atomic E-state index is 14.4. The topological polar surface area (TPSA) is 86.8 Å². The van der Waals surface area contributed by atoms with E-state index in [4.69, 9.17) is 0 Å². The second-order valence-electron chi connectivity index (χ2n) is 10.8. The maximum atomic E-state index is 14.4. The number of aryl methyl sites for hydroxylation is 1. The van der Waals surface area contributed by atoms with Gasteiger partial charge >= 0.3 is 0 Å². The lowest BCUT2D eigenvalue weighted by Gasteiger charge is -2.34. The molecule has 0 unspecified atom stereocenters. The van der Waals surface area contributed by atoms with Crippen LogP contribution in [-0.2, 0) is 32.6 Å². The molecule has 0 bridgehead atoms. The highest BCUT2D eigenvalue weighted by atomic mass is 79.9. The van der Waals surface area contributed by atoms with Crippen LogP contribution >= 0.6 is 15.9 Å². The molecule has 4 rings (SSSR count). The molecule has 2 amide bonds. The third-order valence-electron chi connectivity index (χ3n) is 7.37. The van der Waals surface area contributed by atoms with Crippen molar-refractivity contribution in [3.63, 3.8) is 0 Å². The predicted octanol–water partition coefficient (Wildman–Crippen LogP) is 6.65. The molecule has 4 aromatic rings. The molecule has 0 aliphatic carbocycles. The Morgan fingerprint density at radius 2 is 1.51 bits per heavy atom. The lowest BCUT2D eigenvalue weighted by Crippen LogP contribution is -2.53. The van der Waals surface area contributed by atoms with Crippen molar-refractivity contribution in [3.05, 3.63) is 130 Å². The van der Waals surface area contributed by atoms with E-state index in [0.717, 1.165) is 32.7 Å². The van der Waals surface area contributed by atoms with Crippen LogP contribution in [0.4, 0.5) is 10.1 Å². The summed E-state index contributed by atoms with van der Waals surface area (Å²) in [7, 11) is -4.19. The number of sulfonamides is 1. The van der Waals surface area contributed by atoms with Crippen LogP contribution in [0.2, 0.25) is 0 Å². The second kappa shape index (κ2) is 15.8. The molecule has 0 heterocycles. The fraction of sp³-hybridized carbons (Fsp3) is 0.257. The molecule has 0 spiro atoms. The highest BCUT2D eigenvalue weighted by molar-refractivity contribution is 9.10. The van der Waals surface area contributed by atoms with E-state index in [1.165, 1.54) is 29.2 Å². The first-order valence-electron chi connectivity index (χ1n) is 14.8. The minimum atomic E-state index is -4.19. The number of carbonyl (C=O) groups excluding carboxylic acids is 2. The first-order chi connectivity index (χ1) is 21.6. The molecule has 0 aliphatic heterocycles. The number of nitrogens with zero attached hydrogens (tertiary/aromatic N) is 2. The summed E-state index contributed by atoms with van der Waals surface area (Å²) < 4.78 is 43.8. The van der Waals surface area contributed by atoms with E-state index < -0.39 is 34.3 Å². The number of benzene rings is 4. The average Bonchev–Trinajstić information content (AvgIpc) is 3.03. The lowest BCUT2D eigenvalue weighted by atomic mass is 10.0. The van der Waals surface area contributed by atoms with Gasteiger partial charge in [0, 0.05) is 24.0 Å². The molecule has 0 radical (unpaired) electrons. The number of amides is 2. The van der Waals surface area contributed by atoms with Crippen molar-refractivity contribution >= 4 is 43.5 Å². The Hall–Kier alpha value is -4.02. The molecule has 45 heavy (non-hydrogen) atoms. The second-order valence-corrected chi connectivity index (χ2v) is 13.6. The molecule has 4 aromatic carbocycles. The minimum absolute atomic E-state index is 0.0312. The predicted molar refractivity (Wildman–Crippen MR) is 179 cm³/mol. The number of anilines is 1. The highest BCUT2D eigenvalue weighted by Gasteiger charge is 2.34. The summed E-state index contributed by atoms with van der Waals surface area (Å²) in [5, 5.41) is 2.96. The van der Waals surface area contributed by atoms with E-state index in [-0.39, 0.29) is 23.8 Å². The van der Waals surface area contributed by atoms with Gasteiger partial charge in [-0.3, -0.25) is 13.9 Å². The van der Waals surface area contributed by atoms with E-state index in [1.807, 2.05) is 44.2 Å². The maximum Gasteiger partial charge on any atom is 0.264 e. The number of nitrogens with one attached hydrogen (secondary N) is 1. The molecule has 0 aliphatic rings. The van der Waals surface area contributed by atoms with Gasteiger partial charge in [0.1, 0.15) is 18.4 Å². The molecular formula is C35H37BrFN3O4S. The molecule has 0 saturated carbocycles. The van der Waals surface area contributed by atoms with Crippen LogP contribution < -0.4 is 9.62 Å². The third kappa shape index (κ3) is 9.25. The zero-order valence-electron chi connectivity index (χ0n) is 25.3. The highest BCUT2D eigenvalue weighted by Crippen LogP contribution is 2.27. The lowest BCUT2D eigenvalue weighted by molar-refractivity contribution is -0.140. The Kier molecular flexibility index (Phi) is 11.9. The fourth-order valence-corrected chi connectivity index (χ4v) is 6.50. The smallest absolute Gasteiger partial charge is 0.264 e. The Balaban J connectivity index is 1.78. The minimum Gasteiger partial charge on any atom is -0.354 e. The van der Waals surface area contributed by atoms with Gasteiger partial charge in [-0.2, -0.15) is 0 Å². The fourth-order valence-electron chi connectivity index (χ4n) is 4.82. The molecular weight excluding hydrogens is 657 g/mol.